The molecule has 1 amide bonds. The molecule has 0 bridgehead atoms. The Labute approximate surface area is 145 Å². The van der Waals surface area contributed by atoms with Crippen molar-refractivity contribution in [2.24, 2.45) is 0 Å². The molecule has 0 unspecified atom stereocenters. The first-order chi connectivity index (χ1) is 12.2. The fraction of sp³-hybridized carbons (Fsp3) is 0.333. The van der Waals surface area contributed by atoms with Crippen molar-refractivity contribution < 1.29 is 14.3 Å². The molecule has 0 fully saturated rings. The van der Waals surface area contributed by atoms with Crippen LogP contribution in [0.4, 0.5) is 5.82 Å². The van der Waals surface area contributed by atoms with Crippen molar-refractivity contribution in [3.05, 3.63) is 47.2 Å². The van der Waals surface area contributed by atoms with Crippen LogP contribution in [-0.4, -0.2) is 42.7 Å². The summed E-state index contributed by atoms with van der Waals surface area (Å²) in [6.45, 7) is 1.32. The second-order valence-corrected chi connectivity index (χ2v) is 5.62. The number of methoxy groups -OCH3 is 1. The molecule has 0 aliphatic carbocycles. The smallest absolute Gasteiger partial charge is 0.318 e. The maximum Gasteiger partial charge on any atom is 0.318 e. The van der Waals surface area contributed by atoms with Gasteiger partial charge < -0.3 is 9.47 Å². The highest BCUT2D eigenvalue weighted by Crippen LogP contribution is 2.27. The number of nitriles is 1. The minimum Gasteiger partial charge on any atom is -0.461 e. The van der Waals surface area contributed by atoms with Gasteiger partial charge in [0, 0.05) is 25.4 Å². The molecule has 1 aromatic heterocycles. The Morgan fingerprint density at radius 2 is 2.08 bits per heavy atom. The molecule has 0 radical (unpaired) electrons. The Balaban J connectivity index is 1.69. The Kier molecular flexibility index (Phi) is 5.21. The van der Waals surface area contributed by atoms with Crippen LogP contribution in [0.25, 0.3) is 0 Å². The fourth-order valence-corrected chi connectivity index (χ4v) is 2.62. The van der Waals surface area contributed by atoms with Crippen molar-refractivity contribution >= 4 is 11.7 Å². The number of nitrogens with zero attached hydrogens (tertiary/aromatic N) is 4. The minimum atomic E-state index is 0.00647. The quantitative estimate of drug-likeness (QED) is 0.711. The first-order valence-corrected chi connectivity index (χ1v) is 7.98. The molecule has 0 saturated carbocycles. The van der Waals surface area contributed by atoms with Gasteiger partial charge in [0.1, 0.15) is 12.4 Å². The first kappa shape index (κ1) is 16.9. The number of hydrogen-bond donors (Lipinski definition) is 0. The number of hydrogen-bond acceptors (Lipinski definition) is 6. The monoisotopic (exact) mass is 338 g/mol. The number of carbonyl (C=O) groups excluding carboxylic acids is 1. The van der Waals surface area contributed by atoms with E-state index >= 15 is 0 Å². The molecule has 7 nitrogen and oxygen atoms in total. The average molecular weight is 338 g/mol. The van der Waals surface area contributed by atoms with E-state index in [0.29, 0.717) is 44.0 Å². The average Bonchev–Trinajstić information content (AvgIpc) is 2.95. The Morgan fingerprint density at radius 1 is 1.28 bits per heavy atom. The van der Waals surface area contributed by atoms with E-state index in [1.165, 1.54) is 0 Å². The van der Waals surface area contributed by atoms with Gasteiger partial charge in [0.05, 0.1) is 24.7 Å². The van der Waals surface area contributed by atoms with E-state index in [-0.39, 0.29) is 11.9 Å². The Morgan fingerprint density at radius 3 is 2.80 bits per heavy atom. The van der Waals surface area contributed by atoms with Gasteiger partial charge in [-0.05, 0) is 24.1 Å². The highest BCUT2D eigenvalue weighted by molar-refractivity contribution is 6.00. The van der Waals surface area contributed by atoms with Crippen molar-refractivity contribution in [3.8, 4) is 12.1 Å². The second-order valence-electron chi connectivity index (χ2n) is 5.62. The van der Waals surface area contributed by atoms with E-state index in [9.17, 15) is 4.79 Å². The van der Waals surface area contributed by atoms with E-state index in [4.69, 9.17) is 14.7 Å². The second kappa shape index (κ2) is 7.73. The first-order valence-electron chi connectivity index (χ1n) is 7.98. The summed E-state index contributed by atoms with van der Waals surface area (Å²) in [7, 11) is 1.59. The van der Waals surface area contributed by atoms with Crippen LogP contribution in [-0.2, 0) is 22.4 Å². The van der Waals surface area contributed by atoms with Gasteiger partial charge in [-0.3, -0.25) is 9.69 Å². The van der Waals surface area contributed by atoms with Crippen molar-refractivity contribution in [1.82, 2.24) is 9.97 Å². The van der Waals surface area contributed by atoms with Gasteiger partial charge in [-0.2, -0.15) is 10.2 Å². The van der Waals surface area contributed by atoms with Crippen LogP contribution in [0.3, 0.4) is 0 Å². The number of anilines is 1. The Hall–Kier alpha value is -2.98. The summed E-state index contributed by atoms with van der Waals surface area (Å²) in [5.41, 5.74) is 2.49. The number of ether oxygens (including phenoxy) is 2. The van der Waals surface area contributed by atoms with E-state index in [1.54, 1.807) is 30.3 Å². The SMILES string of the molecule is COCCOc1ncc2c(n1)N(CCc1ccc(C#N)cc1)C(=O)C2. The molecule has 0 N–H and O–H groups in total. The summed E-state index contributed by atoms with van der Waals surface area (Å²) < 4.78 is 10.4. The summed E-state index contributed by atoms with van der Waals surface area (Å²) >= 11 is 0. The molecule has 0 spiro atoms. The topological polar surface area (TPSA) is 88.3 Å². The predicted molar refractivity (Wildman–Crippen MR) is 90.3 cm³/mol. The lowest BCUT2D eigenvalue weighted by atomic mass is 10.1. The van der Waals surface area contributed by atoms with E-state index in [0.717, 1.165) is 11.1 Å². The molecule has 2 heterocycles. The van der Waals surface area contributed by atoms with Gasteiger partial charge in [-0.25, -0.2) is 4.98 Å². The zero-order valence-corrected chi connectivity index (χ0v) is 13.9. The zero-order valence-electron chi connectivity index (χ0n) is 13.9. The van der Waals surface area contributed by atoms with Crippen LogP contribution < -0.4 is 9.64 Å². The molecule has 1 aliphatic heterocycles. The molecule has 0 saturated heterocycles. The molecule has 1 aliphatic rings. The van der Waals surface area contributed by atoms with E-state index < -0.39 is 0 Å². The van der Waals surface area contributed by atoms with E-state index in [1.807, 2.05) is 12.1 Å². The maximum atomic E-state index is 12.3. The van der Waals surface area contributed by atoms with Gasteiger partial charge in [0.2, 0.25) is 5.91 Å². The third-order valence-corrected chi connectivity index (χ3v) is 3.94. The maximum absolute atomic E-state index is 12.3. The van der Waals surface area contributed by atoms with Crippen molar-refractivity contribution in [2.45, 2.75) is 12.8 Å². The van der Waals surface area contributed by atoms with Gasteiger partial charge in [-0.15, -0.1) is 0 Å². The van der Waals surface area contributed by atoms with Crippen LogP contribution >= 0.6 is 0 Å². The lowest BCUT2D eigenvalue weighted by molar-refractivity contribution is -0.117. The van der Waals surface area contributed by atoms with Crippen LogP contribution in [0.2, 0.25) is 0 Å². The normalized spacial score (nSPS) is 12.8. The molecule has 3 rings (SSSR count). The Bertz CT molecular complexity index is 799. The van der Waals surface area contributed by atoms with Crippen molar-refractivity contribution in [2.75, 3.05) is 31.8 Å². The van der Waals surface area contributed by atoms with Crippen LogP contribution in [0, 0.1) is 11.3 Å². The van der Waals surface area contributed by atoms with Crippen molar-refractivity contribution in [1.29, 1.82) is 5.26 Å². The summed E-state index contributed by atoms with van der Waals surface area (Å²) in [5, 5.41) is 8.84. The largest absolute Gasteiger partial charge is 0.461 e. The summed E-state index contributed by atoms with van der Waals surface area (Å²) in [4.78, 5) is 22.4. The molecule has 128 valence electrons. The molecular formula is C18H18N4O3. The minimum absolute atomic E-state index is 0.00647. The lowest BCUT2D eigenvalue weighted by Crippen LogP contribution is -2.29. The third-order valence-electron chi connectivity index (χ3n) is 3.94. The molecule has 1 aromatic carbocycles. The van der Waals surface area contributed by atoms with Gasteiger partial charge in [-0.1, -0.05) is 12.1 Å². The van der Waals surface area contributed by atoms with Crippen LogP contribution in [0.5, 0.6) is 6.01 Å². The summed E-state index contributed by atoms with van der Waals surface area (Å²) in [6.07, 6.45) is 2.63. The standard InChI is InChI=1S/C18H18N4O3/c1-24-8-9-25-18-20-12-15-10-16(23)22(17(15)21-18)7-6-13-2-4-14(11-19)5-3-13/h2-5,12H,6-10H2,1H3. The van der Waals surface area contributed by atoms with Gasteiger partial charge in [0.25, 0.3) is 0 Å². The predicted octanol–water partition coefficient (Wildman–Crippen LogP) is 1.51. The molecule has 7 heteroatoms. The number of fused-ring (bicyclic) bond motifs is 1. The lowest BCUT2D eigenvalue weighted by Gasteiger charge is -2.16. The van der Waals surface area contributed by atoms with Gasteiger partial charge in [0.15, 0.2) is 0 Å². The zero-order chi connectivity index (χ0) is 17.6. The highest BCUT2D eigenvalue weighted by Gasteiger charge is 2.29. The number of benzene rings is 1. The number of amides is 1. The molecule has 25 heavy (non-hydrogen) atoms. The van der Waals surface area contributed by atoms with E-state index in [2.05, 4.69) is 16.0 Å². The number of carbonyl (C=O) groups is 1. The third kappa shape index (κ3) is 3.92. The van der Waals surface area contributed by atoms with Crippen LogP contribution in [0.15, 0.2) is 30.5 Å². The fourth-order valence-electron chi connectivity index (χ4n) is 2.62. The summed E-state index contributed by atoms with van der Waals surface area (Å²) in [5.74, 6) is 0.619. The van der Waals surface area contributed by atoms with Gasteiger partial charge >= 0.3 is 6.01 Å². The number of aromatic nitrogens is 2. The highest BCUT2D eigenvalue weighted by atomic mass is 16.5. The number of rotatable bonds is 7. The molecule has 2 aromatic rings. The van der Waals surface area contributed by atoms with Crippen molar-refractivity contribution in [3.63, 3.8) is 0 Å². The van der Waals surface area contributed by atoms with Crippen LogP contribution in [0.1, 0.15) is 16.7 Å². The summed E-state index contributed by atoms with van der Waals surface area (Å²) in [6, 6.07) is 9.70. The molecule has 0 atom stereocenters. The molecular weight excluding hydrogens is 320 g/mol.